The molecule has 0 aromatic heterocycles. The van der Waals surface area contributed by atoms with Gasteiger partial charge in [0.15, 0.2) is 0 Å². The summed E-state index contributed by atoms with van der Waals surface area (Å²) in [6.45, 7) is 4.35. The van der Waals surface area contributed by atoms with Gasteiger partial charge in [0.2, 0.25) is 0 Å². The summed E-state index contributed by atoms with van der Waals surface area (Å²) in [5.41, 5.74) is -0.858. The van der Waals surface area contributed by atoms with E-state index in [0.29, 0.717) is 17.8 Å². The molecule has 2 fully saturated rings. The Morgan fingerprint density at radius 1 is 0.964 bits per heavy atom. The molecule has 1 aromatic rings. The Bertz CT molecular complexity index is 673. The lowest BCUT2D eigenvalue weighted by atomic mass is 9.77. The smallest absolute Gasteiger partial charge is 0.206 e. The fourth-order valence-corrected chi connectivity index (χ4v) is 4.95. The van der Waals surface area contributed by atoms with Gasteiger partial charge >= 0.3 is 6.18 Å². The minimum Gasteiger partial charge on any atom is -0.206 e. The molecule has 1 aromatic carbocycles. The molecule has 0 atom stereocenters. The predicted molar refractivity (Wildman–Crippen MR) is 107 cm³/mol. The Kier molecular flexibility index (Phi) is 6.88. The van der Waals surface area contributed by atoms with Gasteiger partial charge in [0.25, 0.3) is 0 Å². The molecule has 2 aliphatic rings. The maximum absolute atomic E-state index is 15.1. The summed E-state index contributed by atoms with van der Waals surface area (Å²) in [4.78, 5) is 0. The van der Waals surface area contributed by atoms with E-state index >= 15 is 4.39 Å². The topological polar surface area (TPSA) is 0 Å². The van der Waals surface area contributed by atoms with Crippen LogP contribution in [0.15, 0.2) is 18.2 Å². The highest BCUT2D eigenvalue weighted by Crippen LogP contribution is 2.42. The van der Waals surface area contributed by atoms with E-state index in [-0.39, 0.29) is 17.0 Å². The van der Waals surface area contributed by atoms with E-state index < -0.39 is 17.6 Å². The van der Waals surface area contributed by atoms with E-state index in [0.717, 1.165) is 57.8 Å². The van der Waals surface area contributed by atoms with Crippen LogP contribution in [-0.4, -0.2) is 0 Å². The molecule has 4 heteroatoms. The van der Waals surface area contributed by atoms with Crippen molar-refractivity contribution in [2.45, 2.75) is 83.7 Å². The quantitative estimate of drug-likeness (QED) is 0.448. The monoisotopic (exact) mass is 396 g/mol. The van der Waals surface area contributed by atoms with Crippen LogP contribution in [0.3, 0.4) is 0 Å². The van der Waals surface area contributed by atoms with Crippen molar-refractivity contribution in [3.8, 4) is 0 Å². The van der Waals surface area contributed by atoms with Crippen molar-refractivity contribution < 1.29 is 17.6 Å². The van der Waals surface area contributed by atoms with Gasteiger partial charge in [-0.25, -0.2) is 4.39 Å². The normalized spacial score (nSPS) is 29.4. The van der Waals surface area contributed by atoms with E-state index in [1.54, 1.807) is 6.07 Å². The number of allylic oxidation sites excluding steroid dienone is 1. The van der Waals surface area contributed by atoms with Crippen molar-refractivity contribution in [3.63, 3.8) is 0 Å². The average molecular weight is 397 g/mol. The van der Waals surface area contributed by atoms with Crippen LogP contribution < -0.4 is 0 Å². The molecule has 0 amide bonds. The highest BCUT2D eigenvalue weighted by Gasteiger charge is 2.38. The van der Waals surface area contributed by atoms with Crippen LogP contribution in [0.25, 0.3) is 6.08 Å². The van der Waals surface area contributed by atoms with Crippen LogP contribution in [0.4, 0.5) is 17.6 Å². The fraction of sp³-hybridized carbons (Fsp3) is 0.667. The van der Waals surface area contributed by atoms with Crippen molar-refractivity contribution in [1.82, 2.24) is 0 Å². The summed E-state index contributed by atoms with van der Waals surface area (Å²) in [5.74, 6) is 0.467. The summed E-state index contributed by atoms with van der Waals surface area (Å²) < 4.78 is 56.2. The molecule has 3 rings (SSSR count). The first-order valence-electron chi connectivity index (χ1n) is 10.9. The third-order valence-corrected chi connectivity index (χ3v) is 6.96. The average Bonchev–Trinajstić information content (AvgIpc) is 2.66. The standard InChI is InChI=1S/C24H32F4/c1-3-17-8-11-19(12-9-17)21-15-14-20(22(23(21)25)24(26,27)28)13-10-18-6-4-16(2)5-7-18/h10,13-19H,3-9,11-12H2,1-2H3/b13-10+. The van der Waals surface area contributed by atoms with Crippen LogP contribution >= 0.6 is 0 Å². The van der Waals surface area contributed by atoms with Gasteiger partial charge in [0.1, 0.15) is 5.82 Å². The largest absolute Gasteiger partial charge is 0.419 e. The number of halogens is 4. The lowest BCUT2D eigenvalue weighted by molar-refractivity contribution is -0.140. The van der Waals surface area contributed by atoms with Gasteiger partial charge in [0.05, 0.1) is 5.56 Å². The SMILES string of the molecule is CCC1CCC(c2ccc(/C=C/C3CCC(C)CC3)c(C(F)(F)F)c2F)CC1. The molecule has 0 radical (unpaired) electrons. The molecule has 0 bridgehead atoms. The molecule has 0 heterocycles. The molecule has 2 saturated carbocycles. The van der Waals surface area contributed by atoms with Gasteiger partial charge in [-0.3, -0.25) is 0 Å². The molecule has 2 aliphatic carbocycles. The minimum absolute atomic E-state index is 0.0328. The molecule has 0 aliphatic heterocycles. The Balaban J connectivity index is 1.84. The van der Waals surface area contributed by atoms with Gasteiger partial charge in [-0.2, -0.15) is 13.2 Å². The second-order valence-electron chi connectivity index (χ2n) is 8.94. The zero-order valence-electron chi connectivity index (χ0n) is 17.0. The number of hydrogen-bond donors (Lipinski definition) is 0. The number of hydrogen-bond acceptors (Lipinski definition) is 0. The van der Waals surface area contributed by atoms with Crippen molar-refractivity contribution in [2.24, 2.45) is 17.8 Å². The van der Waals surface area contributed by atoms with Gasteiger partial charge in [-0.15, -0.1) is 0 Å². The highest BCUT2D eigenvalue weighted by molar-refractivity contribution is 5.57. The van der Waals surface area contributed by atoms with Crippen LogP contribution in [0.2, 0.25) is 0 Å². The fourth-order valence-electron chi connectivity index (χ4n) is 4.95. The summed E-state index contributed by atoms with van der Waals surface area (Å²) in [5, 5.41) is 0. The van der Waals surface area contributed by atoms with Gasteiger partial charge in [0, 0.05) is 0 Å². The predicted octanol–water partition coefficient (Wildman–Crippen LogP) is 8.37. The van der Waals surface area contributed by atoms with Crippen LogP contribution in [0, 0.1) is 23.6 Å². The Hall–Kier alpha value is -1.32. The maximum atomic E-state index is 15.1. The summed E-state index contributed by atoms with van der Waals surface area (Å²) in [6.07, 6.45) is 7.50. The third-order valence-electron chi connectivity index (χ3n) is 6.96. The van der Waals surface area contributed by atoms with Crippen molar-refractivity contribution in [3.05, 3.63) is 40.7 Å². The lowest BCUT2D eigenvalue weighted by Gasteiger charge is -2.29. The second kappa shape index (κ2) is 9.00. The van der Waals surface area contributed by atoms with Crippen LogP contribution in [0.1, 0.15) is 94.2 Å². The van der Waals surface area contributed by atoms with Gasteiger partial charge in [-0.05, 0) is 73.3 Å². The number of rotatable bonds is 4. The van der Waals surface area contributed by atoms with Crippen LogP contribution in [-0.2, 0) is 6.18 Å². The summed E-state index contributed by atoms with van der Waals surface area (Å²) >= 11 is 0. The minimum atomic E-state index is -4.68. The van der Waals surface area contributed by atoms with Gasteiger partial charge < -0.3 is 0 Å². The second-order valence-corrected chi connectivity index (χ2v) is 8.94. The number of benzene rings is 1. The van der Waals surface area contributed by atoms with E-state index in [1.165, 1.54) is 12.1 Å². The summed E-state index contributed by atoms with van der Waals surface area (Å²) in [7, 11) is 0. The van der Waals surface area contributed by atoms with E-state index in [1.807, 2.05) is 6.08 Å². The molecule has 156 valence electrons. The first kappa shape index (κ1) is 21.4. The third kappa shape index (κ3) is 4.99. The van der Waals surface area contributed by atoms with Crippen LogP contribution in [0.5, 0.6) is 0 Å². The highest BCUT2D eigenvalue weighted by atomic mass is 19.4. The Labute approximate surface area is 166 Å². The van der Waals surface area contributed by atoms with Crippen molar-refractivity contribution >= 4 is 6.08 Å². The zero-order chi connectivity index (χ0) is 20.3. The van der Waals surface area contributed by atoms with E-state index in [2.05, 4.69) is 13.8 Å². The molecular weight excluding hydrogens is 364 g/mol. The molecular formula is C24H32F4. The first-order chi connectivity index (χ1) is 13.3. The van der Waals surface area contributed by atoms with E-state index in [4.69, 9.17) is 0 Å². The van der Waals surface area contributed by atoms with Gasteiger partial charge in [-0.1, -0.05) is 57.4 Å². The lowest BCUT2D eigenvalue weighted by Crippen LogP contribution is -2.17. The first-order valence-corrected chi connectivity index (χ1v) is 10.9. The molecule has 0 saturated heterocycles. The zero-order valence-corrected chi connectivity index (χ0v) is 17.0. The molecule has 28 heavy (non-hydrogen) atoms. The van der Waals surface area contributed by atoms with E-state index in [9.17, 15) is 13.2 Å². The summed E-state index contributed by atoms with van der Waals surface area (Å²) in [6, 6.07) is 3.08. The molecule has 0 N–H and O–H groups in total. The molecule has 0 unspecified atom stereocenters. The van der Waals surface area contributed by atoms with Crippen molar-refractivity contribution in [2.75, 3.05) is 0 Å². The Morgan fingerprint density at radius 3 is 2.18 bits per heavy atom. The Morgan fingerprint density at radius 2 is 1.61 bits per heavy atom. The maximum Gasteiger partial charge on any atom is 0.419 e. The number of alkyl halides is 3. The molecule has 0 nitrogen and oxygen atoms in total. The molecule has 0 spiro atoms. The van der Waals surface area contributed by atoms with Crippen molar-refractivity contribution in [1.29, 1.82) is 0 Å².